The molecule has 1 aliphatic rings. The molecule has 0 unspecified atom stereocenters. The van der Waals surface area contributed by atoms with E-state index < -0.39 is 11.6 Å². The Morgan fingerprint density at radius 1 is 1.22 bits per heavy atom. The molecule has 1 aliphatic heterocycles. The van der Waals surface area contributed by atoms with Crippen molar-refractivity contribution in [3.8, 4) is 17.6 Å². The molecule has 1 heterocycles. The van der Waals surface area contributed by atoms with Crippen LogP contribution in [-0.4, -0.2) is 12.6 Å². The summed E-state index contributed by atoms with van der Waals surface area (Å²) >= 11 is 3.07. The summed E-state index contributed by atoms with van der Waals surface area (Å²) in [6.07, 6.45) is 1.41. The summed E-state index contributed by atoms with van der Waals surface area (Å²) in [6, 6.07) is 10.9. The summed E-state index contributed by atoms with van der Waals surface area (Å²) in [5, 5.41) is 9.26. The Kier molecular flexibility index (Phi) is 4.13. The van der Waals surface area contributed by atoms with Crippen molar-refractivity contribution < 1.29 is 18.7 Å². The maximum absolute atomic E-state index is 13.2. The molecule has 0 aromatic heterocycles. The normalized spacial score (nSPS) is 12.8. The lowest BCUT2D eigenvalue weighted by atomic mass is 10.0. The van der Waals surface area contributed by atoms with E-state index in [0.29, 0.717) is 22.6 Å². The van der Waals surface area contributed by atoms with Crippen LogP contribution in [0.4, 0.5) is 4.39 Å². The van der Waals surface area contributed by atoms with Gasteiger partial charge in [0.2, 0.25) is 12.6 Å². The van der Waals surface area contributed by atoms with Crippen LogP contribution in [0.2, 0.25) is 0 Å². The number of hydrogen-bond acceptors (Lipinski definition) is 4. The van der Waals surface area contributed by atoms with Gasteiger partial charge in [0.05, 0.1) is 4.47 Å². The van der Waals surface area contributed by atoms with E-state index in [2.05, 4.69) is 15.9 Å². The van der Waals surface area contributed by atoms with Gasteiger partial charge in [-0.15, -0.1) is 0 Å². The number of allylic oxidation sites excluding steroid dienone is 1. The van der Waals surface area contributed by atoms with E-state index in [9.17, 15) is 14.4 Å². The second-order valence-electron chi connectivity index (χ2n) is 4.74. The molecule has 6 heteroatoms. The molecular formula is C17H9BrFNO3. The fourth-order valence-corrected chi connectivity index (χ4v) is 2.51. The third kappa shape index (κ3) is 3.10. The van der Waals surface area contributed by atoms with Gasteiger partial charge in [0.1, 0.15) is 17.5 Å². The number of hydrogen-bond donors (Lipinski definition) is 0. The molecule has 0 atom stereocenters. The van der Waals surface area contributed by atoms with E-state index in [1.807, 2.05) is 6.07 Å². The zero-order chi connectivity index (χ0) is 16.4. The van der Waals surface area contributed by atoms with Crippen LogP contribution in [0.3, 0.4) is 0 Å². The molecule has 0 fully saturated rings. The topological polar surface area (TPSA) is 59.3 Å². The standard InChI is InChI=1S/C17H9BrFNO3/c18-13-6-10(1-3-14(13)19)5-12(8-20)17(21)11-2-4-15-16(7-11)23-9-22-15/h1-7H,9H2/b12-5-. The smallest absolute Gasteiger partial charge is 0.231 e. The molecule has 0 bridgehead atoms. The molecular weight excluding hydrogens is 365 g/mol. The number of carbonyl (C=O) groups is 1. The summed E-state index contributed by atoms with van der Waals surface area (Å²) in [7, 11) is 0. The van der Waals surface area contributed by atoms with Crippen LogP contribution >= 0.6 is 15.9 Å². The fraction of sp³-hybridized carbons (Fsp3) is 0.0588. The molecule has 0 N–H and O–H groups in total. The van der Waals surface area contributed by atoms with Crippen LogP contribution in [0.5, 0.6) is 11.5 Å². The van der Waals surface area contributed by atoms with Gasteiger partial charge >= 0.3 is 0 Å². The minimum atomic E-state index is -0.439. The minimum absolute atomic E-state index is 0.0534. The SMILES string of the molecule is N#C/C(=C/c1ccc(F)c(Br)c1)C(=O)c1ccc2c(c1)OCO2. The molecule has 0 spiro atoms. The molecule has 0 saturated carbocycles. The molecule has 114 valence electrons. The Morgan fingerprint density at radius 2 is 2.00 bits per heavy atom. The quantitative estimate of drug-likeness (QED) is 0.461. The van der Waals surface area contributed by atoms with Gasteiger partial charge in [-0.05, 0) is 57.9 Å². The number of halogens is 2. The third-order valence-corrected chi connectivity index (χ3v) is 3.86. The number of fused-ring (bicyclic) bond motifs is 1. The van der Waals surface area contributed by atoms with Crippen molar-refractivity contribution in [2.75, 3.05) is 6.79 Å². The number of nitrogens with zero attached hydrogens (tertiary/aromatic N) is 1. The Hall–Kier alpha value is -2.65. The molecule has 2 aromatic rings. The zero-order valence-electron chi connectivity index (χ0n) is 11.7. The van der Waals surface area contributed by atoms with Gasteiger partial charge in [-0.3, -0.25) is 4.79 Å². The second kappa shape index (κ2) is 6.23. The lowest BCUT2D eigenvalue weighted by molar-refractivity contribution is 0.103. The minimum Gasteiger partial charge on any atom is -0.454 e. The Morgan fingerprint density at radius 3 is 2.74 bits per heavy atom. The highest BCUT2D eigenvalue weighted by Crippen LogP contribution is 2.33. The average Bonchev–Trinajstić information content (AvgIpc) is 3.02. The molecule has 0 amide bonds. The molecule has 23 heavy (non-hydrogen) atoms. The van der Waals surface area contributed by atoms with Gasteiger partial charge in [0.15, 0.2) is 11.5 Å². The number of ketones is 1. The number of Topliss-reactive ketones (excluding diaryl/α,β-unsaturated/α-hetero) is 1. The molecule has 4 nitrogen and oxygen atoms in total. The van der Waals surface area contributed by atoms with Crippen LogP contribution in [-0.2, 0) is 0 Å². The molecule has 0 saturated heterocycles. The summed E-state index contributed by atoms with van der Waals surface area (Å²) in [5.74, 6) is 0.179. The van der Waals surface area contributed by atoms with Gasteiger partial charge in [-0.2, -0.15) is 5.26 Å². The number of carbonyl (C=O) groups excluding carboxylic acids is 1. The Balaban J connectivity index is 1.94. The number of benzene rings is 2. The lowest BCUT2D eigenvalue weighted by Crippen LogP contribution is -2.02. The van der Waals surface area contributed by atoms with Gasteiger partial charge in [-0.25, -0.2) is 4.39 Å². The predicted octanol–water partition coefficient (Wildman–Crippen LogP) is 4.11. The number of nitriles is 1. The van der Waals surface area contributed by atoms with E-state index >= 15 is 0 Å². The van der Waals surface area contributed by atoms with Crippen LogP contribution < -0.4 is 9.47 Å². The average molecular weight is 374 g/mol. The summed E-state index contributed by atoms with van der Waals surface area (Å²) in [5.41, 5.74) is 0.814. The van der Waals surface area contributed by atoms with E-state index in [4.69, 9.17) is 9.47 Å². The first-order valence-corrected chi connectivity index (χ1v) is 7.39. The molecule has 0 radical (unpaired) electrons. The first-order valence-electron chi connectivity index (χ1n) is 6.59. The van der Waals surface area contributed by atoms with Crippen molar-refractivity contribution in [1.29, 1.82) is 5.26 Å². The first-order chi connectivity index (χ1) is 11.1. The summed E-state index contributed by atoms with van der Waals surface area (Å²) in [6.45, 7) is 0.109. The van der Waals surface area contributed by atoms with Crippen molar-refractivity contribution in [3.05, 3.63) is 63.4 Å². The highest BCUT2D eigenvalue weighted by atomic mass is 79.9. The van der Waals surface area contributed by atoms with Crippen molar-refractivity contribution in [2.24, 2.45) is 0 Å². The maximum Gasteiger partial charge on any atom is 0.231 e. The summed E-state index contributed by atoms with van der Waals surface area (Å²) in [4.78, 5) is 12.5. The van der Waals surface area contributed by atoms with E-state index in [1.165, 1.54) is 30.3 Å². The monoisotopic (exact) mass is 373 g/mol. The first kappa shape index (κ1) is 15.3. The highest BCUT2D eigenvalue weighted by Gasteiger charge is 2.18. The van der Waals surface area contributed by atoms with Crippen LogP contribution in [0.25, 0.3) is 6.08 Å². The largest absolute Gasteiger partial charge is 0.454 e. The molecule has 0 aliphatic carbocycles. The summed E-state index contributed by atoms with van der Waals surface area (Å²) < 4.78 is 23.9. The van der Waals surface area contributed by atoms with E-state index in [1.54, 1.807) is 12.1 Å². The van der Waals surface area contributed by atoms with Gasteiger partial charge < -0.3 is 9.47 Å². The maximum atomic E-state index is 13.2. The van der Waals surface area contributed by atoms with Gasteiger partial charge in [-0.1, -0.05) is 6.07 Å². The van der Waals surface area contributed by atoms with Crippen molar-refractivity contribution in [2.45, 2.75) is 0 Å². The van der Waals surface area contributed by atoms with Crippen molar-refractivity contribution in [1.82, 2.24) is 0 Å². The second-order valence-corrected chi connectivity index (χ2v) is 5.59. The number of ether oxygens (including phenoxy) is 2. The zero-order valence-corrected chi connectivity index (χ0v) is 13.3. The van der Waals surface area contributed by atoms with Gasteiger partial charge in [0.25, 0.3) is 0 Å². The van der Waals surface area contributed by atoms with Crippen LogP contribution in [0, 0.1) is 17.1 Å². The Bertz CT molecular complexity index is 871. The van der Waals surface area contributed by atoms with Crippen LogP contribution in [0.15, 0.2) is 46.4 Å². The highest BCUT2D eigenvalue weighted by molar-refractivity contribution is 9.10. The van der Waals surface area contributed by atoms with Crippen molar-refractivity contribution in [3.63, 3.8) is 0 Å². The third-order valence-electron chi connectivity index (χ3n) is 3.25. The van der Waals surface area contributed by atoms with Crippen molar-refractivity contribution >= 4 is 27.8 Å². The predicted molar refractivity (Wildman–Crippen MR) is 84.6 cm³/mol. The fourth-order valence-electron chi connectivity index (χ4n) is 2.11. The van der Waals surface area contributed by atoms with E-state index in [-0.39, 0.29) is 16.8 Å². The molecule has 2 aromatic carbocycles. The number of rotatable bonds is 3. The molecule has 3 rings (SSSR count). The lowest BCUT2D eigenvalue weighted by Gasteiger charge is -2.02. The Labute approximate surface area is 139 Å². The van der Waals surface area contributed by atoms with Crippen LogP contribution in [0.1, 0.15) is 15.9 Å². The van der Waals surface area contributed by atoms with Gasteiger partial charge in [0, 0.05) is 5.56 Å². The van der Waals surface area contributed by atoms with E-state index in [0.717, 1.165) is 0 Å².